The van der Waals surface area contributed by atoms with E-state index in [1.807, 2.05) is 17.8 Å². The molecule has 20 heavy (non-hydrogen) atoms. The van der Waals surface area contributed by atoms with Gasteiger partial charge in [-0.25, -0.2) is 0 Å². The van der Waals surface area contributed by atoms with E-state index in [-0.39, 0.29) is 6.61 Å². The molecule has 0 atom stereocenters. The number of hydrogen-bond acceptors (Lipinski definition) is 4. The molecule has 0 bridgehead atoms. The molecule has 1 aromatic carbocycles. The zero-order valence-electron chi connectivity index (χ0n) is 11.9. The van der Waals surface area contributed by atoms with E-state index in [0.717, 1.165) is 30.9 Å². The Morgan fingerprint density at radius 1 is 1.35 bits per heavy atom. The molecule has 1 aromatic rings. The van der Waals surface area contributed by atoms with Crippen LogP contribution in [0, 0.1) is 11.8 Å². The largest absolute Gasteiger partial charge is 0.495 e. The fourth-order valence-electron chi connectivity index (χ4n) is 2.18. The predicted octanol–water partition coefficient (Wildman–Crippen LogP) is 1.98. The Balaban J connectivity index is 2.10. The van der Waals surface area contributed by atoms with Crippen LogP contribution in [0.25, 0.3) is 0 Å². The van der Waals surface area contributed by atoms with E-state index in [4.69, 9.17) is 9.84 Å². The molecule has 0 aliphatic carbocycles. The number of thioether (sulfide) groups is 1. The smallest absolute Gasteiger partial charge is 0.134 e. The molecule has 0 spiro atoms. The molecule has 1 aliphatic heterocycles. The molecular formula is C16H21NO2S. The molecule has 0 amide bonds. The first-order valence-electron chi connectivity index (χ1n) is 6.90. The average molecular weight is 291 g/mol. The van der Waals surface area contributed by atoms with Crippen molar-refractivity contribution >= 4 is 11.8 Å². The van der Waals surface area contributed by atoms with Gasteiger partial charge in [-0.15, -0.1) is 0 Å². The highest BCUT2D eigenvalue weighted by molar-refractivity contribution is 7.99. The van der Waals surface area contributed by atoms with Crippen molar-refractivity contribution in [1.29, 1.82) is 0 Å². The lowest BCUT2D eigenvalue weighted by molar-refractivity contribution is 0.294. The van der Waals surface area contributed by atoms with E-state index in [1.165, 1.54) is 17.1 Å². The van der Waals surface area contributed by atoms with Gasteiger partial charge in [0.2, 0.25) is 0 Å². The number of benzene rings is 1. The fourth-order valence-corrected chi connectivity index (χ4v) is 3.16. The van der Waals surface area contributed by atoms with Gasteiger partial charge in [-0.1, -0.05) is 17.9 Å². The van der Waals surface area contributed by atoms with Crippen LogP contribution in [0.3, 0.4) is 0 Å². The zero-order valence-corrected chi connectivity index (χ0v) is 12.7. The third-order valence-electron chi connectivity index (χ3n) is 3.23. The van der Waals surface area contributed by atoms with Gasteiger partial charge < -0.3 is 9.84 Å². The van der Waals surface area contributed by atoms with Gasteiger partial charge in [-0.05, 0) is 17.7 Å². The first-order chi connectivity index (χ1) is 9.83. The summed E-state index contributed by atoms with van der Waals surface area (Å²) in [6.07, 6.45) is 0.497. The van der Waals surface area contributed by atoms with Crippen molar-refractivity contribution < 1.29 is 9.84 Å². The molecule has 4 heteroatoms. The Morgan fingerprint density at radius 3 is 2.85 bits per heavy atom. The number of methoxy groups -OCH3 is 1. The Morgan fingerprint density at radius 2 is 2.15 bits per heavy atom. The van der Waals surface area contributed by atoms with Gasteiger partial charge in [0.1, 0.15) is 5.75 Å². The molecule has 1 saturated heterocycles. The molecule has 108 valence electrons. The highest BCUT2D eigenvalue weighted by atomic mass is 32.2. The van der Waals surface area contributed by atoms with Crippen LogP contribution in [0.1, 0.15) is 17.5 Å². The van der Waals surface area contributed by atoms with E-state index < -0.39 is 0 Å². The molecule has 1 aliphatic rings. The normalized spacial score (nSPS) is 15.5. The lowest BCUT2D eigenvalue weighted by atomic mass is 10.1. The molecule has 1 heterocycles. The van der Waals surface area contributed by atoms with Crippen molar-refractivity contribution in [2.75, 3.05) is 38.3 Å². The van der Waals surface area contributed by atoms with E-state index >= 15 is 0 Å². The van der Waals surface area contributed by atoms with Crippen molar-refractivity contribution in [1.82, 2.24) is 4.90 Å². The SMILES string of the molecule is COc1ccc(CN2CCSCC2)cc1C#CCCO. The van der Waals surface area contributed by atoms with E-state index in [1.54, 1.807) is 7.11 Å². The third kappa shape index (κ3) is 4.45. The second-order valence-electron chi connectivity index (χ2n) is 4.70. The summed E-state index contributed by atoms with van der Waals surface area (Å²) in [6.45, 7) is 3.38. The minimum atomic E-state index is 0.0977. The Labute approximate surface area is 125 Å². The zero-order chi connectivity index (χ0) is 14.2. The summed E-state index contributed by atoms with van der Waals surface area (Å²) >= 11 is 2.02. The predicted molar refractivity (Wildman–Crippen MR) is 84.2 cm³/mol. The summed E-state index contributed by atoms with van der Waals surface area (Å²) in [6, 6.07) is 6.19. The quantitative estimate of drug-likeness (QED) is 0.860. The van der Waals surface area contributed by atoms with Crippen molar-refractivity contribution in [2.45, 2.75) is 13.0 Å². The third-order valence-corrected chi connectivity index (χ3v) is 4.18. The first kappa shape index (κ1) is 15.2. The molecule has 1 fully saturated rings. The monoisotopic (exact) mass is 291 g/mol. The van der Waals surface area contributed by atoms with Gasteiger partial charge in [-0.2, -0.15) is 11.8 Å². The van der Waals surface area contributed by atoms with Crippen molar-refractivity contribution in [2.24, 2.45) is 0 Å². The van der Waals surface area contributed by atoms with Crippen LogP contribution in [0.5, 0.6) is 5.75 Å². The Kier molecular flexibility index (Phi) is 6.25. The summed E-state index contributed by atoms with van der Waals surface area (Å²) in [4.78, 5) is 2.48. The maximum Gasteiger partial charge on any atom is 0.134 e. The van der Waals surface area contributed by atoms with Crippen LogP contribution >= 0.6 is 11.8 Å². The number of hydrogen-bond donors (Lipinski definition) is 1. The fraction of sp³-hybridized carbons (Fsp3) is 0.500. The number of rotatable bonds is 4. The molecule has 3 nitrogen and oxygen atoms in total. The second-order valence-corrected chi connectivity index (χ2v) is 5.92. The molecule has 2 rings (SSSR count). The topological polar surface area (TPSA) is 32.7 Å². The van der Waals surface area contributed by atoms with Crippen LogP contribution in [0.15, 0.2) is 18.2 Å². The van der Waals surface area contributed by atoms with Crippen LogP contribution in [0.4, 0.5) is 0 Å². The maximum atomic E-state index is 8.80. The van der Waals surface area contributed by atoms with Crippen molar-refractivity contribution in [3.8, 4) is 17.6 Å². The van der Waals surface area contributed by atoms with Gasteiger partial charge in [-0.3, -0.25) is 4.90 Å². The Hall–Kier alpha value is -1.15. The summed E-state index contributed by atoms with van der Waals surface area (Å²) < 4.78 is 5.34. The number of nitrogens with zero attached hydrogens (tertiary/aromatic N) is 1. The maximum absolute atomic E-state index is 8.80. The molecule has 0 radical (unpaired) electrons. The number of aliphatic hydroxyl groups excluding tert-OH is 1. The summed E-state index contributed by atoms with van der Waals surface area (Å²) in [5, 5.41) is 8.80. The minimum absolute atomic E-state index is 0.0977. The Bertz CT molecular complexity index is 487. The highest BCUT2D eigenvalue weighted by Crippen LogP contribution is 2.21. The van der Waals surface area contributed by atoms with Gasteiger partial charge in [0, 0.05) is 37.6 Å². The van der Waals surface area contributed by atoms with Crippen molar-refractivity contribution in [3.05, 3.63) is 29.3 Å². The summed E-state index contributed by atoms with van der Waals surface area (Å²) in [5.41, 5.74) is 2.18. The van der Waals surface area contributed by atoms with E-state index in [2.05, 4.69) is 28.9 Å². The van der Waals surface area contributed by atoms with Gasteiger partial charge >= 0.3 is 0 Å². The van der Waals surface area contributed by atoms with Gasteiger partial charge in [0.25, 0.3) is 0 Å². The number of ether oxygens (including phenoxy) is 1. The lowest BCUT2D eigenvalue weighted by Gasteiger charge is -2.26. The first-order valence-corrected chi connectivity index (χ1v) is 8.05. The summed E-state index contributed by atoms with van der Waals surface area (Å²) in [7, 11) is 1.66. The van der Waals surface area contributed by atoms with Gasteiger partial charge in [0.05, 0.1) is 19.3 Å². The molecule has 0 saturated carbocycles. The van der Waals surface area contributed by atoms with Crippen molar-refractivity contribution in [3.63, 3.8) is 0 Å². The van der Waals surface area contributed by atoms with Gasteiger partial charge in [0.15, 0.2) is 0 Å². The molecule has 0 aromatic heterocycles. The second kappa shape index (κ2) is 8.21. The van der Waals surface area contributed by atoms with Crippen LogP contribution in [-0.4, -0.2) is 48.3 Å². The van der Waals surface area contributed by atoms with Crippen LogP contribution in [0.2, 0.25) is 0 Å². The highest BCUT2D eigenvalue weighted by Gasteiger charge is 2.11. The van der Waals surface area contributed by atoms with Crippen LogP contribution in [-0.2, 0) is 6.54 Å². The molecular weight excluding hydrogens is 270 g/mol. The molecule has 1 N–H and O–H groups in total. The lowest BCUT2D eigenvalue weighted by Crippen LogP contribution is -2.31. The van der Waals surface area contributed by atoms with Crippen LogP contribution < -0.4 is 4.74 Å². The molecule has 0 unspecified atom stereocenters. The standard InChI is InChI=1S/C16H21NO2S/c1-19-16-6-5-14(12-15(16)4-2-3-9-18)13-17-7-10-20-11-8-17/h5-6,12,18H,3,7-11,13H2,1H3. The minimum Gasteiger partial charge on any atom is -0.495 e. The van der Waals surface area contributed by atoms with E-state index in [9.17, 15) is 0 Å². The van der Waals surface area contributed by atoms with E-state index in [0.29, 0.717) is 6.42 Å². The summed E-state index contributed by atoms with van der Waals surface area (Å²) in [5.74, 6) is 9.29. The number of aliphatic hydroxyl groups is 1. The average Bonchev–Trinajstić information content (AvgIpc) is 2.49.